The minimum absolute atomic E-state index is 0.00739. The molecule has 2 saturated heterocycles. The predicted molar refractivity (Wildman–Crippen MR) is 111 cm³/mol. The molecule has 154 valence electrons. The van der Waals surface area contributed by atoms with Gasteiger partial charge < -0.3 is 5.11 Å². The highest BCUT2D eigenvalue weighted by molar-refractivity contribution is 5.97. The van der Waals surface area contributed by atoms with Gasteiger partial charge in [-0.3, -0.25) is 14.6 Å². The average molecular weight is 397 g/mol. The highest BCUT2D eigenvalue weighted by Crippen LogP contribution is 2.27. The molecule has 2 aromatic carbocycles. The van der Waals surface area contributed by atoms with Crippen molar-refractivity contribution in [3.63, 3.8) is 0 Å². The molecule has 5 heteroatoms. The Morgan fingerprint density at radius 2 is 1.66 bits per heavy atom. The molecule has 2 aliphatic heterocycles. The number of carbonyl (C=O) groups excluding carboxylic acids is 1. The van der Waals surface area contributed by atoms with Crippen molar-refractivity contribution in [3.05, 3.63) is 71.5 Å². The summed E-state index contributed by atoms with van der Waals surface area (Å²) in [6.45, 7) is 4.20. The molecule has 0 aliphatic carbocycles. The van der Waals surface area contributed by atoms with E-state index in [0.29, 0.717) is 12.1 Å². The van der Waals surface area contributed by atoms with Gasteiger partial charge in [-0.15, -0.1) is 0 Å². The molecule has 4 nitrogen and oxygen atoms in total. The van der Waals surface area contributed by atoms with Crippen LogP contribution in [-0.4, -0.2) is 59.0 Å². The normalized spacial score (nSPS) is 24.5. The van der Waals surface area contributed by atoms with E-state index in [-0.39, 0.29) is 29.7 Å². The summed E-state index contributed by atoms with van der Waals surface area (Å²) in [4.78, 5) is 17.4. The molecule has 4 rings (SSSR count). The van der Waals surface area contributed by atoms with Gasteiger partial charge in [-0.1, -0.05) is 30.3 Å². The van der Waals surface area contributed by atoms with E-state index >= 15 is 0 Å². The molecule has 2 aliphatic rings. The van der Waals surface area contributed by atoms with Gasteiger partial charge in [0.05, 0.1) is 6.10 Å². The monoisotopic (exact) mass is 396 g/mol. The molecule has 2 atom stereocenters. The molecule has 0 spiro atoms. The van der Waals surface area contributed by atoms with Gasteiger partial charge in [0.2, 0.25) is 0 Å². The lowest BCUT2D eigenvalue weighted by molar-refractivity contribution is -0.0251. The average Bonchev–Trinajstić information content (AvgIpc) is 2.75. The molecule has 0 radical (unpaired) electrons. The summed E-state index contributed by atoms with van der Waals surface area (Å²) < 4.78 is 13.1. The van der Waals surface area contributed by atoms with E-state index in [0.717, 1.165) is 45.4 Å². The quantitative estimate of drug-likeness (QED) is 0.787. The van der Waals surface area contributed by atoms with Crippen LogP contribution in [0.4, 0.5) is 4.39 Å². The number of Topliss-reactive ketones (excluding diaryl/α,β-unsaturated/α-hetero) is 1. The van der Waals surface area contributed by atoms with Crippen molar-refractivity contribution in [3.8, 4) is 0 Å². The second kappa shape index (κ2) is 9.16. The Kier molecular flexibility index (Phi) is 6.38. The molecule has 29 heavy (non-hydrogen) atoms. The Morgan fingerprint density at radius 3 is 2.31 bits per heavy atom. The molecule has 0 aromatic heterocycles. The second-order valence-electron chi connectivity index (χ2n) is 8.33. The maximum absolute atomic E-state index is 13.1. The molecule has 0 bridgehead atoms. The summed E-state index contributed by atoms with van der Waals surface area (Å²) in [5.74, 6) is -0.209. The molecule has 2 heterocycles. The number of hydrogen-bond donors (Lipinski definition) is 1. The SMILES string of the molecule is O=C(c1ccc(F)cc1)C1CCN([C@H]2CCN(Cc3ccccc3)C[C@H]2O)CC1. The van der Waals surface area contributed by atoms with Gasteiger partial charge in [-0.25, -0.2) is 4.39 Å². The molecular weight excluding hydrogens is 367 g/mol. The fourth-order valence-electron chi connectivity index (χ4n) is 4.74. The van der Waals surface area contributed by atoms with Crippen molar-refractivity contribution in [2.75, 3.05) is 26.2 Å². The third-order valence-electron chi connectivity index (χ3n) is 6.38. The van der Waals surface area contributed by atoms with Crippen LogP contribution < -0.4 is 0 Å². The molecular formula is C24H29FN2O2. The first kappa shape index (κ1) is 20.2. The minimum atomic E-state index is -0.364. The van der Waals surface area contributed by atoms with Crippen LogP contribution in [0, 0.1) is 11.7 Å². The highest BCUT2D eigenvalue weighted by Gasteiger charge is 2.35. The van der Waals surface area contributed by atoms with Gasteiger partial charge >= 0.3 is 0 Å². The van der Waals surface area contributed by atoms with Gasteiger partial charge in [0.15, 0.2) is 5.78 Å². The van der Waals surface area contributed by atoms with Crippen LogP contribution in [0.25, 0.3) is 0 Å². The van der Waals surface area contributed by atoms with Crippen LogP contribution in [0.1, 0.15) is 35.2 Å². The van der Waals surface area contributed by atoms with E-state index in [1.807, 2.05) is 6.07 Å². The first-order valence-electron chi connectivity index (χ1n) is 10.6. The molecule has 2 fully saturated rings. The number of hydrogen-bond acceptors (Lipinski definition) is 4. The molecule has 0 unspecified atom stereocenters. The summed E-state index contributed by atoms with van der Waals surface area (Å²) >= 11 is 0. The lowest BCUT2D eigenvalue weighted by atomic mass is 9.87. The Labute approximate surface area is 171 Å². The van der Waals surface area contributed by atoms with E-state index in [9.17, 15) is 14.3 Å². The van der Waals surface area contributed by atoms with Crippen LogP contribution in [0.15, 0.2) is 54.6 Å². The Bertz CT molecular complexity index is 803. The maximum atomic E-state index is 13.1. The largest absolute Gasteiger partial charge is 0.390 e. The van der Waals surface area contributed by atoms with E-state index in [1.54, 1.807) is 12.1 Å². The van der Waals surface area contributed by atoms with E-state index in [4.69, 9.17) is 0 Å². The predicted octanol–water partition coefficient (Wildman–Crippen LogP) is 3.36. The number of likely N-dealkylation sites (tertiary alicyclic amines) is 2. The van der Waals surface area contributed by atoms with E-state index in [1.165, 1.54) is 17.7 Å². The maximum Gasteiger partial charge on any atom is 0.166 e. The van der Waals surface area contributed by atoms with Gasteiger partial charge in [-0.2, -0.15) is 0 Å². The summed E-state index contributed by atoms with van der Waals surface area (Å²) in [6.07, 6.45) is 2.18. The molecule has 2 aromatic rings. The van der Waals surface area contributed by atoms with Gasteiger partial charge in [0.25, 0.3) is 0 Å². The van der Waals surface area contributed by atoms with Crippen molar-refractivity contribution in [1.29, 1.82) is 0 Å². The van der Waals surface area contributed by atoms with Crippen molar-refractivity contribution >= 4 is 5.78 Å². The third-order valence-corrected chi connectivity index (χ3v) is 6.38. The zero-order valence-corrected chi connectivity index (χ0v) is 16.7. The number of aliphatic hydroxyl groups excluding tert-OH is 1. The fraction of sp³-hybridized carbons (Fsp3) is 0.458. The zero-order valence-electron chi connectivity index (χ0n) is 16.7. The lowest BCUT2D eigenvalue weighted by Gasteiger charge is -2.44. The fourth-order valence-corrected chi connectivity index (χ4v) is 4.74. The van der Waals surface area contributed by atoms with Gasteiger partial charge in [0, 0.05) is 37.2 Å². The summed E-state index contributed by atoms with van der Waals surface area (Å²) in [5.41, 5.74) is 1.87. The number of carbonyl (C=O) groups is 1. The smallest absolute Gasteiger partial charge is 0.166 e. The van der Waals surface area contributed by atoms with Crippen molar-refractivity contribution in [1.82, 2.24) is 9.80 Å². The molecule has 0 saturated carbocycles. The summed E-state index contributed by atoms with van der Waals surface area (Å²) in [7, 11) is 0. The van der Waals surface area contributed by atoms with Crippen molar-refractivity contribution < 1.29 is 14.3 Å². The van der Waals surface area contributed by atoms with Crippen LogP contribution >= 0.6 is 0 Å². The molecule has 0 amide bonds. The number of aliphatic hydroxyl groups is 1. The standard InChI is InChI=1S/C24H29FN2O2/c25-21-8-6-19(7-9-21)24(29)20-10-14-27(15-11-20)22-12-13-26(17-23(22)28)16-18-4-2-1-3-5-18/h1-9,20,22-23,28H,10-17H2/t22-,23+/m0/s1. The first-order valence-corrected chi connectivity index (χ1v) is 10.6. The van der Waals surface area contributed by atoms with Crippen LogP contribution in [0.2, 0.25) is 0 Å². The van der Waals surface area contributed by atoms with Crippen molar-refractivity contribution in [2.45, 2.75) is 38.0 Å². The number of rotatable bonds is 5. The Morgan fingerprint density at radius 1 is 0.966 bits per heavy atom. The molecule has 1 N–H and O–H groups in total. The third kappa shape index (κ3) is 4.92. The zero-order chi connectivity index (χ0) is 20.2. The van der Waals surface area contributed by atoms with Gasteiger partial charge in [0.1, 0.15) is 5.82 Å². The Balaban J connectivity index is 1.28. The summed E-state index contributed by atoms with van der Waals surface area (Å²) in [5, 5.41) is 10.8. The second-order valence-corrected chi connectivity index (χ2v) is 8.33. The van der Waals surface area contributed by atoms with Crippen LogP contribution in [0.5, 0.6) is 0 Å². The number of ketones is 1. The number of benzene rings is 2. The van der Waals surface area contributed by atoms with Gasteiger partial charge in [-0.05, 0) is 62.2 Å². The minimum Gasteiger partial charge on any atom is -0.390 e. The number of piperidine rings is 2. The van der Waals surface area contributed by atoms with Crippen molar-refractivity contribution in [2.24, 2.45) is 5.92 Å². The Hall–Kier alpha value is -2.08. The van der Waals surface area contributed by atoms with E-state index in [2.05, 4.69) is 34.1 Å². The topological polar surface area (TPSA) is 43.8 Å². The lowest BCUT2D eigenvalue weighted by Crippen LogP contribution is -2.55. The van der Waals surface area contributed by atoms with E-state index < -0.39 is 0 Å². The highest BCUT2D eigenvalue weighted by atomic mass is 19.1. The van der Waals surface area contributed by atoms with Crippen LogP contribution in [-0.2, 0) is 6.54 Å². The first-order chi connectivity index (χ1) is 14.1. The van der Waals surface area contributed by atoms with Crippen LogP contribution in [0.3, 0.4) is 0 Å². The summed E-state index contributed by atoms with van der Waals surface area (Å²) in [6, 6.07) is 16.4. The number of nitrogens with zero attached hydrogens (tertiary/aromatic N) is 2. The number of halogens is 1. The number of β-amino-alcohol motifs (C(OH)–C–C–N with tert-alkyl or cyclic N) is 1.